The van der Waals surface area contributed by atoms with Crippen LogP contribution in [-0.2, 0) is 12.8 Å². The first-order valence-corrected chi connectivity index (χ1v) is 6.05. The lowest BCUT2D eigenvalue weighted by atomic mass is 10.0. The first-order chi connectivity index (χ1) is 8.28. The summed E-state index contributed by atoms with van der Waals surface area (Å²) in [6, 6.07) is 17.4. The van der Waals surface area contributed by atoms with Crippen LogP contribution in [0.5, 0.6) is 0 Å². The van der Waals surface area contributed by atoms with E-state index in [0.29, 0.717) is 0 Å². The highest BCUT2D eigenvalue weighted by molar-refractivity contribution is 5.47. The van der Waals surface area contributed by atoms with Crippen LogP contribution in [0.4, 0.5) is 0 Å². The lowest BCUT2D eigenvalue weighted by molar-refractivity contribution is 0.959. The van der Waals surface area contributed by atoms with Crippen LogP contribution in [0.25, 0.3) is 6.08 Å². The average Bonchev–Trinajstić information content (AvgIpc) is 2.39. The van der Waals surface area contributed by atoms with Crippen LogP contribution >= 0.6 is 0 Å². The van der Waals surface area contributed by atoms with E-state index in [2.05, 4.69) is 62.0 Å². The molecule has 86 valence electrons. The second-order valence-corrected chi connectivity index (χ2v) is 4.43. The molecule has 0 aromatic heterocycles. The fourth-order valence-electron chi connectivity index (χ4n) is 1.86. The molecule has 0 saturated carbocycles. The Morgan fingerprint density at radius 3 is 1.76 bits per heavy atom. The molecule has 2 aromatic rings. The molecule has 0 amide bonds. The van der Waals surface area contributed by atoms with Gasteiger partial charge in [-0.15, -0.1) is 0 Å². The van der Waals surface area contributed by atoms with Crippen LogP contribution in [0, 0.1) is 6.92 Å². The van der Waals surface area contributed by atoms with Gasteiger partial charge in [-0.3, -0.25) is 0 Å². The van der Waals surface area contributed by atoms with Crippen molar-refractivity contribution in [3.63, 3.8) is 0 Å². The van der Waals surface area contributed by atoms with Crippen molar-refractivity contribution >= 4 is 6.08 Å². The quantitative estimate of drug-likeness (QED) is 0.718. The summed E-state index contributed by atoms with van der Waals surface area (Å²) in [7, 11) is 0. The average molecular weight is 222 g/mol. The Labute approximate surface area is 104 Å². The molecule has 0 radical (unpaired) electrons. The molecule has 17 heavy (non-hydrogen) atoms. The molecule has 0 atom stereocenters. The molecular formula is C17H18. The van der Waals surface area contributed by atoms with E-state index in [9.17, 15) is 0 Å². The van der Waals surface area contributed by atoms with Crippen molar-refractivity contribution in [2.75, 3.05) is 0 Å². The molecule has 0 spiro atoms. The highest BCUT2D eigenvalue weighted by Gasteiger charge is 1.96. The molecule has 0 bridgehead atoms. The summed E-state index contributed by atoms with van der Waals surface area (Å²) in [6.45, 7) is 5.89. The van der Waals surface area contributed by atoms with Crippen molar-refractivity contribution < 1.29 is 0 Å². The molecule has 0 saturated heterocycles. The molecule has 0 aliphatic heterocycles. The van der Waals surface area contributed by atoms with Crippen molar-refractivity contribution in [2.24, 2.45) is 0 Å². The minimum Gasteiger partial charge on any atom is -0.0985 e. The van der Waals surface area contributed by atoms with E-state index in [4.69, 9.17) is 0 Å². The zero-order chi connectivity index (χ0) is 12.1. The van der Waals surface area contributed by atoms with E-state index in [1.165, 1.54) is 22.3 Å². The summed E-state index contributed by atoms with van der Waals surface area (Å²) < 4.78 is 0. The molecule has 0 nitrogen and oxygen atoms in total. The van der Waals surface area contributed by atoms with Crippen molar-refractivity contribution in [3.05, 3.63) is 77.4 Å². The molecule has 0 aliphatic carbocycles. The fourth-order valence-corrected chi connectivity index (χ4v) is 1.86. The van der Waals surface area contributed by atoms with Crippen LogP contribution in [0.2, 0.25) is 0 Å². The standard InChI is InChI=1S/C17H18/c1-3-15-8-10-17(11-9-15)13-12-16-6-4-14(2)5-7-16/h3-11H,1,12-13H2,2H3. The maximum absolute atomic E-state index is 3.76. The van der Waals surface area contributed by atoms with Gasteiger partial charge in [0, 0.05) is 0 Å². The third-order valence-corrected chi connectivity index (χ3v) is 3.04. The SMILES string of the molecule is C=Cc1ccc(CCc2ccc(C)cc2)cc1. The minimum absolute atomic E-state index is 1.10. The molecule has 0 aliphatic rings. The van der Waals surface area contributed by atoms with E-state index < -0.39 is 0 Å². The number of hydrogen-bond acceptors (Lipinski definition) is 0. The Bertz CT molecular complexity index is 474. The maximum atomic E-state index is 3.76. The van der Waals surface area contributed by atoms with Gasteiger partial charge in [0.1, 0.15) is 0 Å². The van der Waals surface area contributed by atoms with Crippen LogP contribution in [0.15, 0.2) is 55.1 Å². The summed E-state index contributed by atoms with van der Waals surface area (Å²) in [5, 5.41) is 0. The molecular weight excluding hydrogens is 204 g/mol. The van der Waals surface area contributed by atoms with Crippen molar-refractivity contribution in [1.29, 1.82) is 0 Å². The van der Waals surface area contributed by atoms with Crippen LogP contribution in [0.3, 0.4) is 0 Å². The molecule has 0 heteroatoms. The summed E-state index contributed by atoms with van der Waals surface area (Å²) in [6.07, 6.45) is 4.08. The molecule has 0 unspecified atom stereocenters. The monoisotopic (exact) mass is 222 g/mol. The van der Waals surface area contributed by atoms with Gasteiger partial charge in [0.05, 0.1) is 0 Å². The van der Waals surface area contributed by atoms with Gasteiger partial charge in [0.2, 0.25) is 0 Å². The Morgan fingerprint density at radius 2 is 1.29 bits per heavy atom. The van der Waals surface area contributed by atoms with Gasteiger partial charge in [0.15, 0.2) is 0 Å². The molecule has 2 aromatic carbocycles. The van der Waals surface area contributed by atoms with Crippen molar-refractivity contribution in [2.45, 2.75) is 19.8 Å². The summed E-state index contributed by atoms with van der Waals surface area (Å²) in [5.41, 5.74) is 5.30. The Balaban J connectivity index is 1.97. The number of benzene rings is 2. The Hall–Kier alpha value is -1.82. The van der Waals surface area contributed by atoms with E-state index in [1.807, 2.05) is 6.08 Å². The van der Waals surface area contributed by atoms with Gasteiger partial charge < -0.3 is 0 Å². The molecule has 0 heterocycles. The first-order valence-electron chi connectivity index (χ1n) is 6.05. The zero-order valence-electron chi connectivity index (χ0n) is 10.3. The predicted octanol–water partition coefficient (Wildman–Crippen LogP) is 4.42. The van der Waals surface area contributed by atoms with Gasteiger partial charge in [-0.2, -0.15) is 0 Å². The second-order valence-electron chi connectivity index (χ2n) is 4.43. The smallest absolute Gasteiger partial charge is 0.0238 e. The summed E-state index contributed by atoms with van der Waals surface area (Å²) in [5.74, 6) is 0. The predicted molar refractivity (Wildman–Crippen MR) is 75.1 cm³/mol. The van der Waals surface area contributed by atoms with Gasteiger partial charge in [0.25, 0.3) is 0 Å². The third-order valence-electron chi connectivity index (χ3n) is 3.04. The Kier molecular flexibility index (Phi) is 3.77. The van der Waals surface area contributed by atoms with Crippen LogP contribution < -0.4 is 0 Å². The van der Waals surface area contributed by atoms with Gasteiger partial charge >= 0.3 is 0 Å². The van der Waals surface area contributed by atoms with Crippen molar-refractivity contribution in [3.8, 4) is 0 Å². The van der Waals surface area contributed by atoms with E-state index in [0.717, 1.165) is 12.8 Å². The highest BCUT2D eigenvalue weighted by atomic mass is 14.0. The molecule has 0 fully saturated rings. The van der Waals surface area contributed by atoms with E-state index in [-0.39, 0.29) is 0 Å². The third kappa shape index (κ3) is 3.32. The Morgan fingerprint density at radius 1 is 0.824 bits per heavy atom. The summed E-state index contributed by atoms with van der Waals surface area (Å²) >= 11 is 0. The lowest BCUT2D eigenvalue weighted by Crippen LogP contribution is -1.91. The molecule has 0 N–H and O–H groups in total. The number of aryl methyl sites for hydroxylation is 3. The van der Waals surface area contributed by atoms with Crippen LogP contribution in [-0.4, -0.2) is 0 Å². The van der Waals surface area contributed by atoms with E-state index >= 15 is 0 Å². The zero-order valence-corrected chi connectivity index (χ0v) is 10.3. The van der Waals surface area contributed by atoms with E-state index in [1.54, 1.807) is 0 Å². The normalized spacial score (nSPS) is 10.2. The van der Waals surface area contributed by atoms with Crippen LogP contribution in [0.1, 0.15) is 22.3 Å². The largest absolute Gasteiger partial charge is 0.0985 e. The fraction of sp³-hybridized carbons (Fsp3) is 0.176. The lowest BCUT2D eigenvalue weighted by Gasteiger charge is -2.03. The second kappa shape index (κ2) is 5.49. The highest BCUT2D eigenvalue weighted by Crippen LogP contribution is 2.10. The van der Waals surface area contributed by atoms with Gasteiger partial charge in [-0.25, -0.2) is 0 Å². The summed E-state index contributed by atoms with van der Waals surface area (Å²) in [4.78, 5) is 0. The number of hydrogen-bond donors (Lipinski definition) is 0. The van der Waals surface area contributed by atoms with Crippen molar-refractivity contribution in [1.82, 2.24) is 0 Å². The molecule has 2 rings (SSSR count). The van der Waals surface area contributed by atoms with Gasteiger partial charge in [-0.05, 0) is 36.5 Å². The maximum Gasteiger partial charge on any atom is -0.0238 e. The number of rotatable bonds is 4. The minimum atomic E-state index is 1.10. The topological polar surface area (TPSA) is 0 Å². The first kappa shape index (κ1) is 11.7. The van der Waals surface area contributed by atoms with Gasteiger partial charge in [-0.1, -0.05) is 66.7 Å².